The highest BCUT2D eigenvalue weighted by molar-refractivity contribution is 9.27. The highest BCUT2D eigenvalue weighted by Crippen LogP contribution is 2.35. The third-order valence-electron chi connectivity index (χ3n) is 0.760. The molecule has 0 fully saturated rings. The number of rotatable bonds is 2. The molecule has 0 aliphatic heterocycles. The van der Waals surface area contributed by atoms with E-state index in [4.69, 9.17) is 0 Å². The molecule has 1 atom stereocenters. The van der Waals surface area contributed by atoms with E-state index in [9.17, 15) is 0 Å². The highest BCUT2D eigenvalue weighted by Gasteiger charge is 2.26. The molecule has 0 amide bonds. The standard InChI is InChI=1S/C4H6Br4/c1-3(6)4(7,8)2-5/h3H,2H2,1H3/t3-/m1/s1. The summed E-state index contributed by atoms with van der Waals surface area (Å²) in [6, 6.07) is 0. The van der Waals surface area contributed by atoms with Gasteiger partial charge in [0.05, 0.1) is 0 Å². The SMILES string of the molecule is C[C@@H](Br)C(Br)(Br)CBr. The van der Waals surface area contributed by atoms with Crippen LogP contribution in [0.1, 0.15) is 6.92 Å². The van der Waals surface area contributed by atoms with Gasteiger partial charge in [-0.1, -0.05) is 70.6 Å². The molecule has 0 saturated carbocycles. The molecule has 0 N–H and O–H groups in total. The summed E-state index contributed by atoms with van der Waals surface area (Å²) < 4.78 is 0. The van der Waals surface area contributed by atoms with Gasteiger partial charge in [-0.2, -0.15) is 0 Å². The first-order valence-electron chi connectivity index (χ1n) is 2.08. The Kier molecular flexibility index (Phi) is 4.88. The molecule has 0 nitrogen and oxygen atoms in total. The first-order chi connectivity index (χ1) is 3.50. The molecule has 0 aliphatic carbocycles. The van der Waals surface area contributed by atoms with Gasteiger partial charge in [-0.05, 0) is 0 Å². The van der Waals surface area contributed by atoms with Gasteiger partial charge >= 0.3 is 0 Å². The second-order valence-corrected chi connectivity index (χ2v) is 7.34. The van der Waals surface area contributed by atoms with Gasteiger partial charge in [-0.25, -0.2) is 0 Å². The topological polar surface area (TPSA) is 0 Å². The summed E-state index contributed by atoms with van der Waals surface area (Å²) in [7, 11) is 0. The van der Waals surface area contributed by atoms with Crippen LogP contribution in [-0.4, -0.2) is 13.4 Å². The Bertz CT molecular complexity index is 68.4. The maximum Gasteiger partial charge on any atom is 0.102 e. The van der Waals surface area contributed by atoms with Gasteiger partial charge in [-0.15, -0.1) is 0 Å². The Hall–Kier alpha value is 1.92. The van der Waals surface area contributed by atoms with Crippen LogP contribution in [0.5, 0.6) is 0 Å². The van der Waals surface area contributed by atoms with Crippen LogP contribution in [0, 0.1) is 0 Å². The summed E-state index contributed by atoms with van der Waals surface area (Å²) in [5.41, 5.74) is 0. The maximum absolute atomic E-state index is 3.47. The van der Waals surface area contributed by atoms with Gasteiger partial charge in [0, 0.05) is 10.2 Å². The Morgan fingerprint density at radius 1 is 1.50 bits per heavy atom. The quantitative estimate of drug-likeness (QED) is 0.648. The first kappa shape index (κ1) is 9.92. The minimum Gasteiger partial charge on any atom is -0.0903 e. The van der Waals surface area contributed by atoms with Crippen molar-refractivity contribution < 1.29 is 0 Å². The maximum atomic E-state index is 3.47. The van der Waals surface area contributed by atoms with Crippen molar-refractivity contribution in [3.05, 3.63) is 0 Å². The third-order valence-corrected chi connectivity index (χ3v) is 7.09. The molecule has 0 aromatic carbocycles. The minimum atomic E-state index is 0. The lowest BCUT2D eigenvalue weighted by Crippen LogP contribution is -2.23. The number of alkyl halides is 4. The Labute approximate surface area is 83.3 Å². The van der Waals surface area contributed by atoms with E-state index >= 15 is 0 Å². The molecule has 0 rings (SSSR count). The second kappa shape index (κ2) is 3.94. The van der Waals surface area contributed by atoms with Crippen molar-refractivity contribution in [1.82, 2.24) is 0 Å². The van der Waals surface area contributed by atoms with Gasteiger partial charge in [0.1, 0.15) is 3.23 Å². The van der Waals surface area contributed by atoms with Crippen LogP contribution in [0.3, 0.4) is 0 Å². The fourth-order valence-electron chi connectivity index (χ4n) is 0.106. The number of hydrogen-bond acceptors (Lipinski definition) is 0. The number of hydrogen-bond donors (Lipinski definition) is 0. The predicted octanol–water partition coefficient (Wildman–Crippen LogP) is 3.65. The molecule has 0 bridgehead atoms. The molecule has 8 heavy (non-hydrogen) atoms. The van der Waals surface area contributed by atoms with Crippen LogP contribution in [0.4, 0.5) is 0 Å². The summed E-state index contributed by atoms with van der Waals surface area (Å²) in [5, 5.41) is 0.881. The zero-order chi connectivity index (χ0) is 6.78. The van der Waals surface area contributed by atoms with Crippen LogP contribution < -0.4 is 0 Å². The van der Waals surface area contributed by atoms with Gasteiger partial charge in [0.2, 0.25) is 0 Å². The van der Waals surface area contributed by atoms with Crippen molar-refractivity contribution in [2.45, 2.75) is 15.0 Å². The lowest BCUT2D eigenvalue weighted by molar-refractivity contribution is 0.931. The summed E-state index contributed by atoms with van der Waals surface area (Å²) in [6.07, 6.45) is 0. The molecule has 0 aromatic heterocycles. The zero-order valence-electron chi connectivity index (χ0n) is 4.30. The molecule has 50 valence electrons. The molecule has 4 heteroatoms. The molecule has 0 heterocycles. The Morgan fingerprint density at radius 3 is 1.88 bits per heavy atom. The minimum absolute atomic E-state index is 0. The van der Waals surface area contributed by atoms with Gasteiger partial charge < -0.3 is 0 Å². The Morgan fingerprint density at radius 2 is 1.88 bits per heavy atom. The van der Waals surface area contributed by atoms with Gasteiger partial charge in [-0.3, -0.25) is 0 Å². The van der Waals surface area contributed by atoms with E-state index in [-0.39, 0.29) is 3.23 Å². The second-order valence-electron chi connectivity index (χ2n) is 1.51. The van der Waals surface area contributed by atoms with E-state index in [0.29, 0.717) is 4.83 Å². The smallest absolute Gasteiger partial charge is 0.0903 e. The fraction of sp³-hybridized carbons (Fsp3) is 1.00. The molecule has 0 unspecified atom stereocenters. The lowest BCUT2D eigenvalue weighted by Gasteiger charge is -2.19. The predicted molar refractivity (Wildman–Crippen MR) is 52.8 cm³/mol. The molecular formula is C4H6Br4. The van der Waals surface area contributed by atoms with E-state index in [0.717, 1.165) is 5.33 Å². The van der Waals surface area contributed by atoms with Crippen LogP contribution >= 0.6 is 63.7 Å². The third kappa shape index (κ3) is 3.18. The summed E-state index contributed by atoms with van der Waals surface area (Å²) in [4.78, 5) is 0.411. The normalized spacial score (nSPS) is 16.1. The first-order valence-corrected chi connectivity index (χ1v) is 5.71. The van der Waals surface area contributed by atoms with Gasteiger partial charge in [0.15, 0.2) is 0 Å². The highest BCUT2D eigenvalue weighted by atomic mass is 79.9. The molecule has 0 saturated heterocycles. The fourth-order valence-corrected chi connectivity index (χ4v) is 1.19. The molecular weight excluding hydrogens is 368 g/mol. The van der Waals surface area contributed by atoms with Crippen molar-refractivity contribution >= 4 is 63.7 Å². The van der Waals surface area contributed by atoms with E-state index in [1.54, 1.807) is 0 Å². The average Bonchev–Trinajstić information content (AvgIpc) is 1.67. The largest absolute Gasteiger partial charge is 0.102 e. The monoisotopic (exact) mass is 370 g/mol. The van der Waals surface area contributed by atoms with Crippen molar-refractivity contribution in [3.63, 3.8) is 0 Å². The van der Waals surface area contributed by atoms with Crippen molar-refractivity contribution in [3.8, 4) is 0 Å². The van der Waals surface area contributed by atoms with Crippen LogP contribution in [0.25, 0.3) is 0 Å². The van der Waals surface area contributed by atoms with E-state index in [2.05, 4.69) is 70.6 Å². The van der Waals surface area contributed by atoms with Crippen molar-refractivity contribution in [2.75, 3.05) is 5.33 Å². The molecule has 0 aliphatic rings. The summed E-state index contributed by atoms with van der Waals surface area (Å²) in [6.45, 7) is 2.07. The van der Waals surface area contributed by atoms with E-state index in [1.165, 1.54) is 0 Å². The van der Waals surface area contributed by atoms with Crippen LogP contribution in [-0.2, 0) is 0 Å². The average molecular weight is 374 g/mol. The summed E-state index contributed by atoms with van der Waals surface area (Å²) in [5.74, 6) is 0. The molecule has 0 radical (unpaired) electrons. The number of halogens is 4. The van der Waals surface area contributed by atoms with Crippen LogP contribution in [0.15, 0.2) is 0 Å². The molecule has 0 spiro atoms. The molecule has 0 aromatic rings. The van der Waals surface area contributed by atoms with E-state index in [1.807, 2.05) is 0 Å². The Balaban J connectivity index is 3.71. The van der Waals surface area contributed by atoms with Gasteiger partial charge in [0.25, 0.3) is 0 Å². The van der Waals surface area contributed by atoms with Crippen LogP contribution in [0.2, 0.25) is 0 Å². The van der Waals surface area contributed by atoms with Crippen molar-refractivity contribution in [2.24, 2.45) is 0 Å². The lowest BCUT2D eigenvalue weighted by atomic mass is 10.4. The summed E-state index contributed by atoms with van der Waals surface area (Å²) >= 11 is 13.7. The zero-order valence-corrected chi connectivity index (χ0v) is 10.6. The van der Waals surface area contributed by atoms with E-state index < -0.39 is 0 Å². The van der Waals surface area contributed by atoms with Crippen molar-refractivity contribution in [1.29, 1.82) is 0 Å².